The molecular weight excluding hydrogens is 246 g/mol. The van der Waals surface area contributed by atoms with E-state index in [1.807, 2.05) is 0 Å². The molecule has 0 saturated carbocycles. The highest BCUT2D eigenvalue weighted by atomic mass is 16.5. The van der Waals surface area contributed by atoms with Crippen LogP contribution in [0.5, 0.6) is 0 Å². The van der Waals surface area contributed by atoms with Gasteiger partial charge in [0.1, 0.15) is 6.54 Å². The number of nitrogens with zero attached hydrogens (tertiary/aromatic N) is 1. The third-order valence-corrected chi connectivity index (χ3v) is 2.68. The van der Waals surface area contributed by atoms with Crippen molar-refractivity contribution in [2.24, 2.45) is 0 Å². The highest BCUT2D eigenvalue weighted by Crippen LogP contribution is 2.08. The molecule has 0 radical (unpaired) electrons. The largest absolute Gasteiger partial charge is 0.465 e. The molecule has 1 N–H and O–H groups in total. The second-order valence-electron chi connectivity index (χ2n) is 3.98. The highest BCUT2D eigenvalue weighted by Gasteiger charge is 2.17. The Morgan fingerprint density at radius 3 is 2.32 bits per heavy atom. The van der Waals surface area contributed by atoms with Crippen molar-refractivity contribution >= 4 is 11.9 Å². The minimum Gasteiger partial charge on any atom is -0.465 e. The molecule has 0 unspecified atom stereocenters. The first-order chi connectivity index (χ1) is 9.12. The van der Waals surface area contributed by atoms with Crippen molar-refractivity contribution in [3.05, 3.63) is 35.4 Å². The average molecular weight is 265 g/mol. The molecule has 0 aliphatic rings. The summed E-state index contributed by atoms with van der Waals surface area (Å²) in [5, 5.41) is 8.94. The molecule has 5 heteroatoms. The van der Waals surface area contributed by atoms with Crippen LogP contribution in [0.25, 0.3) is 0 Å². The van der Waals surface area contributed by atoms with Gasteiger partial charge in [0, 0.05) is 12.1 Å². The smallest absolute Gasteiger partial charge is 0.325 e. The Morgan fingerprint density at radius 1 is 1.21 bits per heavy atom. The molecule has 0 heterocycles. The van der Waals surface area contributed by atoms with Crippen LogP contribution in [-0.4, -0.2) is 41.6 Å². The van der Waals surface area contributed by atoms with E-state index >= 15 is 0 Å². The van der Waals surface area contributed by atoms with Gasteiger partial charge in [0.25, 0.3) is 5.91 Å². The van der Waals surface area contributed by atoms with E-state index in [2.05, 4.69) is 0 Å². The lowest BCUT2D eigenvalue weighted by Crippen LogP contribution is -2.36. The summed E-state index contributed by atoms with van der Waals surface area (Å²) >= 11 is 0. The standard InChI is InChI=1S/C14H19NO4/c1-3-15(9-13(17)19-4-2)14(18)12-7-5-11(10-16)6-8-12/h5-8,16H,3-4,9-10H2,1-2H3. The van der Waals surface area contributed by atoms with E-state index in [-0.39, 0.29) is 19.1 Å². The maximum atomic E-state index is 12.2. The molecule has 0 bridgehead atoms. The van der Waals surface area contributed by atoms with E-state index < -0.39 is 5.97 Å². The van der Waals surface area contributed by atoms with Gasteiger partial charge in [0.15, 0.2) is 0 Å². The number of esters is 1. The minimum atomic E-state index is -0.412. The van der Waals surface area contributed by atoms with Crippen LogP contribution in [0.4, 0.5) is 0 Å². The fraction of sp³-hybridized carbons (Fsp3) is 0.429. The molecule has 1 aromatic carbocycles. The van der Waals surface area contributed by atoms with Crippen LogP contribution < -0.4 is 0 Å². The van der Waals surface area contributed by atoms with Crippen molar-refractivity contribution in [3.8, 4) is 0 Å². The molecule has 0 spiro atoms. The predicted octanol–water partition coefficient (Wildman–Crippen LogP) is 1.20. The van der Waals surface area contributed by atoms with Gasteiger partial charge in [-0.2, -0.15) is 0 Å². The van der Waals surface area contributed by atoms with Crippen molar-refractivity contribution in [2.45, 2.75) is 20.5 Å². The molecule has 0 aliphatic carbocycles. The van der Waals surface area contributed by atoms with Gasteiger partial charge in [-0.25, -0.2) is 0 Å². The summed E-state index contributed by atoms with van der Waals surface area (Å²) in [4.78, 5) is 25.0. The Bertz CT molecular complexity index is 428. The van der Waals surface area contributed by atoms with E-state index in [0.717, 1.165) is 5.56 Å². The third-order valence-electron chi connectivity index (χ3n) is 2.68. The van der Waals surface area contributed by atoms with E-state index in [0.29, 0.717) is 18.7 Å². The van der Waals surface area contributed by atoms with Gasteiger partial charge in [-0.15, -0.1) is 0 Å². The second-order valence-corrected chi connectivity index (χ2v) is 3.98. The van der Waals surface area contributed by atoms with Gasteiger partial charge in [0.05, 0.1) is 13.2 Å². The molecule has 19 heavy (non-hydrogen) atoms. The Kier molecular flexibility index (Phi) is 6.02. The van der Waals surface area contributed by atoms with Crippen molar-refractivity contribution in [1.29, 1.82) is 0 Å². The lowest BCUT2D eigenvalue weighted by Gasteiger charge is -2.19. The molecule has 1 aromatic rings. The number of amides is 1. The van der Waals surface area contributed by atoms with Crippen LogP contribution in [0.2, 0.25) is 0 Å². The first-order valence-electron chi connectivity index (χ1n) is 6.27. The van der Waals surface area contributed by atoms with E-state index in [9.17, 15) is 9.59 Å². The number of aliphatic hydroxyl groups excluding tert-OH is 1. The van der Waals surface area contributed by atoms with E-state index in [1.165, 1.54) is 4.90 Å². The molecule has 0 aliphatic heterocycles. The Hall–Kier alpha value is -1.88. The number of likely N-dealkylation sites (N-methyl/N-ethyl adjacent to an activating group) is 1. The van der Waals surface area contributed by atoms with Crippen molar-refractivity contribution in [3.63, 3.8) is 0 Å². The molecule has 0 atom stereocenters. The molecule has 1 rings (SSSR count). The fourth-order valence-corrected chi connectivity index (χ4v) is 1.62. The molecule has 104 valence electrons. The fourth-order valence-electron chi connectivity index (χ4n) is 1.62. The maximum Gasteiger partial charge on any atom is 0.325 e. The summed E-state index contributed by atoms with van der Waals surface area (Å²) in [5.41, 5.74) is 1.23. The molecule has 0 saturated heterocycles. The van der Waals surface area contributed by atoms with Gasteiger partial charge in [-0.3, -0.25) is 9.59 Å². The molecular formula is C14H19NO4. The lowest BCUT2D eigenvalue weighted by molar-refractivity contribution is -0.143. The second kappa shape index (κ2) is 7.53. The lowest BCUT2D eigenvalue weighted by atomic mass is 10.1. The topological polar surface area (TPSA) is 66.8 Å². The maximum absolute atomic E-state index is 12.2. The van der Waals surface area contributed by atoms with E-state index in [1.54, 1.807) is 38.1 Å². The number of benzene rings is 1. The van der Waals surface area contributed by atoms with Crippen LogP contribution >= 0.6 is 0 Å². The first kappa shape index (κ1) is 15.2. The van der Waals surface area contributed by atoms with E-state index in [4.69, 9.17) is 9.84 Å². The Balaban J connectivity index is 2.74. The summed E-state index contributed by atoms with van der Waals surface area (Å²) in [6.45, 7) is 4.15. The molecule has 1 amide bonds. The predicted molar refractivity (Wildman–Crippen MR) is 70.6 cm³/mol. The molecule has 0 fully saturated rings. The van der Waals surface area contributed by atoms with Gasteiger partial charge >= 0.3 is 5.97 Å². The molecule has 5 nitrogen and oxygen atoms in total. The zero-order valence-corrected chi connectivity index (χ0v) is 11.3. The number of ether oxygens (including phenoxy) is 1. The van der Waals surface area contributed by atoms with Crippen molar-refractivity contribution < 1.29 is 19.4 Å². The summed E-state index contributed by atoms with van der Waals surface area (Å²) < 4.78 is 4.83. The number of hydrogen-bond acceptors (Lipinski definition) is 4. The van der Waals surface area contributed by atoms with Crippen LogP contribution in [0.3, 0.4) is 0 Å². The highest BCUT2D eigenvalue weighted by molar-refractivity contribution is 5.96. The molecule has 0 aromatic heterocycles. The number of aliphatic hydroxyl groups is 1. The monoisotopic (exact) mass is 265 g/mol. The number of carbonyl (C=O) groups is 2. The summed E-state index contributed by atoms with van der Waals surface area (Å²) in [7, 11) is 0. The van der Waals surface area contributed by atoms with Crippen LogP contribution in [0, 0.1) is 0 Å². The van der Waals surface area contributed by atoms with Gasteiger partial charge in [0.2, 0.25) is 0 Å². The Labute approximate surface area is 112 Å². The average Bonchev–Trinajstić information content (AvgIpc) is 2.44. The minimum absolute atomic E-state index is 0.0507. The van der Waals surface area contributed by atoms with Crippen LogP contribution in [-0.2, 0) is 16.1 Å². The SMILES string of the molecule is CCOC(=O)CN(CC)C(=O)c1ccc(CO)cc1. The van der Waals surface area contributed by atoms with Crippen molar-refractivity contribution in [2.75, 3.05) is 19.7 Å². The zero-order chi connectivity index (χ0) is 14.3. The quantitative estimate of drug-likeness (QED) is 0.785. The van der Waals surface area contributed by atoms with Gasteiger partial charge in [-0.1, -0.05) is 12.1 Å². The summed E-state index contributed by atoms with van der Waals surface area (Å²) in [5.74, 6) is -0.635. The third kappa shape index (κ3) is 4.37. The Morgan fingerprint density at radius 2 is 1.84 bits per heavy atom. The number of rotatable bonds is 6. The van der Waals surface area contributed by atoms with Crippen LogP contribution in [0.15, 0.2) is 24.3 Å². The zero-order valence-electron chi connectivity index (χ0n) is 11.3. The normalized spacial score (nSPS) is 10.1. The first-order valence-corrected chi connectivity index (χ1v) is 6.27. The number of hydrogen-bond donors (Lipinski definition) is 1. The summed E-state index contributed by atoms with van der Waals surface area (Å²) in [6, 6.07) is 6.65. The summed E-state index contributed by atoms with van der Waals surface area (Å²) in [6.07, 6.45) is 0. The van der Waals surface area contributed by atoms with Crippen LogP contribution in [0.1, 0.15) is 29.8 Å². The van der Waals surface area contributed by atoms with Gasteiger partial charge in [-0.05, 0) is 31.5 Å². The van der Waals surface area contributed by atoms with Gasteiger partial charge < -0.3 is 14.7 Å². The van der Waals surface area contributed by atoms with Crippen molar-refractivity contribution in [1.82, 2.24) is 4.90 Å². The number of carbonyl (C=O) groups excluding carboxylic acids is 2.